The zero-order valence-corrected chi connectivity index (χ0v) is 22.3. The molecule has 2 N–H and O–H groups in total. The van der Waals surface area contributed by atoms with E-state index >= 15 is 0 Å². The minimum Gasteiger partial charge on any atom is -0.493 e. The third-order valence-electron chi connectivity index (χ3n) is 5.80. The summed E-state index contributed by atoms with van der Waals surface area (Å²) in [6.07, 6.45) is 2.20. The first-order valence-corrected chi connectivity index (χ1v) is 12.6. The van der Waals surface area contributed by atoms with Crippen LogP contribution < -0.4 is 20.1 Å². The second-order valence-electron chi connectivity index (χ2n) is 8.38. The molecule has 3 aromatic carbocycles. The van der Waals surface area contributed by atoms with Gasteiger partial charge in [-0.2, -0.15) is 0 Å². The Morgan fingerprint density at radius 2 is 1.89 bits per heavy atom. The van der Waals surface area contributed by atoms with Crippen molar-refractivity contribution in [2.24, 2.45) is 0 Å². The summed E-state index contributed by atoms with van der Waals surface area (Å²) in [4.78, 5) is 38.9. The molecular formula is C28H25BrFN3O5. The van der Waals surface area contributed by atoms with Crippen molar-refractivity contribution in [1.82, 2.24) is 10.2 Å². The summed E-state index contributed by atoms with van der Waals surface area (Å²) in [6, 6.07) is 16.0. The van der Waals surface area contributed by atoms with Crippen LogP contribution in [0, 0.1) is 5.82 Å². The van der Waals surface area contributed by atoms with Gasteiger partial charge in [0.05, 0.1) is 7.11 Å². The Hall–Kier alpha value is -4.18. The summed E-state index contributed by atoms with van der Waals surface area (Å²) < 4.78 is 25.3. The number of ether oxygens (including phenoxy) is 2. The van der Waals surface area contributed by atoms with Crippen LogP contribution in [-0.2, 0) is 22.6 Å². The summed E-state index contributed by atoms with van der Waals surface area (Å²) in [6.45, 7) is 1.66. The van der Waals surface area contributed by atoms with Gasteiger partial charge in [-0.1, -0.05) is 53.2 Å². The number of nitrogens with one attached hydrogen (secondary N) is 2. The van der Waals surface area contributed by atoms with Crippen molar-refractivity contribution in [3.63, 3.8) is 0 Å². The van der Waals surface area contributed by atoms with E-state index in [9.17, 15) is 18.8 Å². The number of rotatable bonds is 9. The summed E-state index contributed by atoms with van der Waals surface area (Å²) in [5.74, 6) is -0.705. The van der Waals surface area contributed by atoms with E-state index in [1.807, 2.05) is 19.1 Å². The van der Waals surface area contributed by atoms with E-state index in [1.165, 1.54) is 25.3 Å². The van der Waals surface area contributed by atoms with Gasteiger partial charge in [-0.05, 0) is 59.5 Å². The first kappa shape index (κ1) is 26.9. The number of benzene rings is 3. The Labute approximate surface area is 227 Å². The van der Waals surface area contributed by atoms with Crippen molar-refractivity contribution in [3.8, 4) is 11.5 Å². The number of hydrogen-bond acceptors (Lipinski definition) is 5. The maximum Gasteiger partial charge on any atom is 0.329 e. The molecule has 0 aliphatic carbocycles. The zero-order valence-electron chi connectivity index (χ0n) is 20.7. The molecule has 1 heterocycles. The van der Waals surface area contributed by atoms with Gasteiger partial charge in [0.1, 0.15) is 24.7 Å². The smallest absolute Gasteiger partial charge is 0.329 e. The molecule has 0 saturated carbocycles. The van der Waals surface area contributed by atoms with E-state index in [2.05, 4.69) is 26.6 Å². The lowest BCUT2D eigenvalue weighted by Crippen LogP contribution is -2.38. The molecule has 38 heavy (non-hydrogen) atoms. The van der Waals surface area contributed by atoms with Gasteiger partial charge < -0.3 is 20.1 Å². The number of urea groups is 1. The number of imide groups is 1. The average molecular weight is 582 g/mol. The molecule has 10 heteroatoms. The highest BCUT2D eigenvalue weighted by atomic mass is 79.9. The number of para-hydroxylation sites is 1. The first-order chi connectivity index (χ1) is 18.3. The third kappa shape index (κ3) is 6.20. The van der Waals surface area contributed by atoms with Crippen molar-refractivity contribution in [2.75, 3.05) is 19.0 Å². The number of hydrogen-bond donors (Lipinski definition) is 2. The molecule has 1 aliphatic heterocycles. The van der Waals surface area contributed by atoms with Gasteiger partial charge in [0.2, 0.25) is 5.91 Å². The first-order valence-electron chi connectivity index (χ1n) is 11.8. The van der Waals surface area contributed by atoms with Gasteiger partial charge >= 0.3 is 6.03 Å². The lowest BCUT2D eigenvalue weighted by Gasteiger charge is -2.14. The highest BCUT2D eigenvalue weighted by Crippen LogP contribution is 2.35. The molecule has 0 unspecified atom stereocenters. The highest BCUT2D eigenvalue weighted by molar-refractivity contribution is 9.10. The lowest BCUT2D eigenvalue weighted by molar-refractivity contribution is -0.127. The van der Waals surface area contributed by atoms with Gasteiger partial charge in [0.25, 0.3) is 5.91 Å². The van der Waals surface area contributed by atoms with Crippen molar-refractivity contribution < 1.29 is 28.2 Å². The van der Waals surface area contributed by atoms with Crippen LogP contribution in [-0.4, -0.2) is 36.4 Å². The van der Waals surface area contributed by atoms with E-state index in [0.29, 0.717) is 32.8 Å². The Balaban J connectivity index is 1.47. The molecule has 1 fully saturated rings. The van der Waals surface area contributed by atoms with Crippen LogP contribution in [0.2, 0.25) is 0 Å². The fraction of sp³-hybridized carbons (Fsp3) is 0.179. The van der Waals surface area contributed by atoms with E-state index in [1.54, 1.807) is 36.4 Å². The largest absolute Gasteiger partial charge is 0.493 e. The monoisotopic (exact) mass is 581 g/mol. The van der Waals surface area contributed by atoms with Crippen molar-refractivity contribution in [1.29, 1.82) is 0 Å². The van der Waals surface area contributed by atoms with E-state index < -0.39 is 24.4 Å². The molecule has 3 aromatic rings. The molecule has 4 rings (SSSR count). The van der Waals surface area contributed by atoms with Crippen molar-refractivity contribution in [3.05, 3.63) is 93.3 Å². The third-order valence-corrected chi connectivity index (χ3v) is 6.49. The highest BCUT2D eigenvalue weighted by Gasteiger charge is 2.35. The zero-order chi connectivity index (χ0) is 27.2. The molecule has 196 valence electrons. The maximum absolute atomic E-state index is 13.5. The minimum atomic E-state index is -0.696. The van der Waals surface area contributed by atoms with Gasteiger partial charge in [-0.25, -0.2) is 14.1 Å². The molecule has 0 bridgehead atoms. The Kier molecular flexibility index (Phi) is 8.42. The number of carbonyl (C=O) groups excluding carboxylic acids is 3. The number of aryl methyl sites for hydroxylation is 1. The van der Waals surface area contributed by atoms with E-state index in [4.69, 9.17) is 9.47 Å². The second kappa shape index (κ2) is 11.9. The molecule has 0 aromatic heterocycles. The molecule has 0 spiro atoms. The van der Waals surface area contributed by atoms with Gasteiger partial charge in [-0.3, -0.25) is 9.59 Å². The number of nitrogens with zero attached hydrogens (tertiary/aromatic N) is 1. The molecule has 0 atom stereocenters. The van der Waals surface area contributed by atoms with Crippen LogP contribution in [0.5, 0.6) is 11.5 Å². The van der Waals surface area contributed by atoms with E-state index in [-0.39, 0.29) is 18.1 Å². The molecule has 1 aliphatic rings. The molecular weight excluding hydrogens is 557 g/mol. The van der Waals surface area contributed by atoms with Crippen LogP contribution >= 0.6 is 15.9 Å². The number of halogens is 2. The normalized spacial score (nSPS) is 14.0. The quantitative estimate of drug-likeness (QED) is 0.265. The fourth-order valence-electron chi connectivity index (χ4n) is 3.88. The van der Waals surface area contributed by atoms with Crippen LogP contribution in [0.1, 0.15) is 23.6 Å². The Morgan fingerprint density at radius 3 is 2.63 bits per heavy atom. The van der Waals surface area contributed by atoms with Crippen LogP contribution in [0.25, 0.3) is 6.08 Å². The maximum atomic E-state index is 13.5. The Morgan fingerprint density at radius 1 is 1.11 bits per heavy atom. The number of amides is 4. The summed E-state index contributed by atoms with van der Waals surface area (Å²) in [7, 11) is 1.47. The number of anilines is 1. The molecule has 0 radical (unpaired) electrons. The number of methoxy groups -OCH3 is 1. The summed E-state index contributed by atoms with van der Waals surface area (Å²) in [5.41, 5.74) is 2.77. The van der Waals surface area contributed by atoms with Crippen molar-refractivity contribution >= 4 is 45.5 Å². The second-order valence-corrected chi connectivity index (χ2v) is 9.24. The Bertz CT molecular complexity index is 1430. The van der Waals surface area contributed by atoms with Crippen molar-refractivity contribution in [2.45, 2.75) is 20.0 Å². The number of carbonyl (C=O) groups is 3. The fourth-order valence-corrected chi connectivity index (χ4v) is 4.31. The molecule has 4 amide bonds. The average Bonchev–Trinajstić information content (AvgIpc) is 3.16. The molecule has 8 nitrogen and oxygen atoms in total. The van der Waals surface area contributed by atoms with Crippen LogP contribution in [0.4, 0.5) is 14.9 Å². The van der Waals surface area contributed by atoms with Crippen LogP contribution in [0.15, 0.2) is 70.8 Å². The lowest BCUT2D eigenvalue weighted by atomic mass is 10.1. The topological polar surface area (TPSA) is 97.0 Å². The predicted octanol–water partition coefficient (Wildman–Crippen LogP) is 5.27. The van der Waals surface area contributed by atoms with Crippen LogP contribution in [0.3, 0.4) is 0 Å². The van der Waals surface area contributed by atoms with Gasteiger partial charge in [-0.15, -0.1) is 0 Å². The minimum absolute atomic E-state index is 0.00735. The van der Waals surface area contributed by atoms with Gasteiger partial charge in [0.15, 0.2) is 11.5 Å². The standard InChI is InChI=1S/C28H25BrFN3O5/c1-3-18-8-4-5-10-22(18)31-26(34)15-33-27(35)23(32-28(33)36)12-19-13-24(37-2)25(14-21(19)29)38-16-17-7-6-9-20(30)11-17/h4-14H,3,15-16H2,1-2H3,(H,31,34)(H,32,36)/b23-12+. The summed E-state index contributed by atoms with van der Waals surface area (Å²) in [5, 5.41) is 5.28. The SMILES string of the molecule is CCc1ccccc1NC(=O)CN1C(=O)N/C(=C/c2cc(OC)c(OCc3cccc(F)c3)cc2Br)C1=O. The van der Waals surface area contributed by atoms with E-state index in [0.717, 1.165) is 16.9 Å². The van der Waals surface area contributed by atoms with Gasteiger partial charge in [0, 0.05) is 10.2 Å². The molecule has 1 saturated heterocycles. The predicted molar refractivity (Wildman–Crippen MR) is 144 cm³/mol. The summed E-state index contributed by atoms with van der Waals surface area (Å²) >= 11 is 3.45.